The van der Waals surface area contributed by atoms with Gasteiger partial charge in [0.2, 0.25) is 0 Å². The molecular formula is C25H25N3O5S. The van der Waals surface area contributed by atoms with Gasteiger partial charge in [-0.3, -0.25) is 4.79 Å². The maximum absolute atomic E-state index is 12.8. The lowest BCUT2D eigenvalue weighted by Crippen LogP contribution is -2.34. The molecule has 0 bridgehead atoms. The van der Waals surface area contributed by atoms with Crippen LogP contribution in [0.2, 0.25) is 0 Å². The first-order valence-corrected chi connectivity index (χ1v) is 11.6. The Balaban J connectivity index is 1.51. The average Bonchev–Trinajstić information content (AvgIpc) is 3.30. The number of nitrogens with zero attached hydrogens (tertiary/aromatic N) is 2. The zero-order valence-corrected chi connectivity index (χ0v) is 19.9. The number of ether oxygens (including phenoxy) is 3. The van der Waals surface area contributed by atoms with Gasteiger partial charge in [0.05, 0.1) is 31.0 Å². The highest BCUT2D eigenvalue weighted by Gasteiger charge is 2.37. The molecule has 0 radical (unpaired) electrons. The molecule has 1 atom stereocenters. The highest BCUT2D eigenvalue weighted by Crippen LogP contribution is 2.41. The summed E-state index contributed by atoms with van der Waals surface area (Å²) in [6.07, 6.45) is 1.90. The smallest absolute Gasteiger partial charge is 0.338 e. The van der Waals surface area contributed by atoms with Crippen LogP contribution >= 0.6 is 11.8 Å². The van der Waals surface area contributed by atoms with Crippen molar-refractivity contribution in [3.8, 4) is 11.5 Å². The number of amides is 1. The number of allylic oxidation sites excluding steroid dienone is 1. The van der Waals surface area contributed by atoms with Crippen molar-refractivity contribution in [2.45, 2.75) is 19.9 Å². The molecule has 0 aromatic heterocycles. The third-order valence-corrected chi connectivity index (χ3v) is 5.98. The Kier molecular flexibility index (Phi) is 7.22. The van der Waals surface area contributed by atoms with Gasteiger partial charge in [-0.05, 0) is 49.1 Å². The van der Waals surface area contributed by atoms with E-state index in [-0.39, 0.29) is 19.1 Å². The first-order valence-electron chi connectivity index (χ1n) is 10.7. The number of carbonyl (C=O) groups excluding carboxylic acids is 2. The van der Waals surface area contributed by atoms with Crippen LogP contribution < -0.4 is 14.8 Å². The first-order chi connectivity index (χ1) is 16.5. The number of rotatable bonds is 8. The number of aliphatic imine (C=N–C) groups is 1. The maximum atomic E-state index is 12.8. The van der Waals surface area contributed by atoms with Crippen molar-refractivity contribution in [3.05, 3.63) is 77.0 Å². The minimum atomic E-state index is -0.410. The molecule has 2 aliphatic rings. The molecule has 0 saturated heterocycles. The molecule has 176 valence electrons. The van der Waals surface area contributed by atoms with E-state index in [9.17, 15) is 9.59 Å². The lowest BCUT2D eigenvalue weighted by Gasteiger charge is -2.33. The summed E-state index contributed by atoms with van der Waals surface area (Å²) in [5, 5.41) is 5.51. The molecule has 2 heterocycles. The van der Waals surface area contributed by atoms with E-state index < -0.39 is 12.0 Å². The molecule has 2 aromatic carbocycles. The van der Waals surface area contributed by atoms with Crippen molar-refractivity contribution >= 4 is 34.5 Å². The molecule has 0 fully saturated rings. The van der Waals surface area contributed by atoms with Crippen molar-refractivity contribution < 1.29 is 23.8 Å². The molecule has 0 unspecified atom stereocenters. The number of methoxy groups -OCH3 is 1. The van der Waals surface area contributed by atoms with Gasteiger partial charge < -0.3 is 24.4 Å². The van der Waals surface area contributed by atoms with Gasteiger partial charge in [0.1, 0.15) is 11.5 Å². The van der Waals surface area contributed by atoms with Crippen molar-refractivity contribution in [3.63, 3.8) is 0 Å². The number of carbonyl (C=O) groups is 2. The van der Waals surface area contributed by atoms with E-state index in [1.165, 1.54) is 11.8 Å². The lowest BCUT2D eigenvalue weighted by atomic mass is 9.94. The number of fused-ring (bicyclic) bond motifs is 1. The third kappa shape index (κ3) is 5.09. The maximum Gasteiger partial charge on any atom is 0.338 e. The van der Waals surface area contributed by atoms with Crippen LogP contribution in [0.25, 0.3) is 0 Å². The number of benzene rings is 2. The van der Waals surface area contributed by atoms with E-state index in [1.807, 2.05) is 41.6 Å². The Bertz CT molecular complexity index is 1190. The van der Waals surface area contributed by atoms with Crippen LogP contribution in [0.1, 0.15) is 25.5 Å². The molecule has 1 N–H and O–H groups in total. The minimum absolute atomic E-state index is 0.170. The largest absolute Gasteiger partial charge is 0.497 e. The Hall–Kier alpha value is -3.72. The second-order valence-electron chi connectivity index (χ2n) is 7.47. The van der Waals surface area contributed by atoms with E-state index in [1.54, 1.807) is 44.4 Å². The summed E-state index contributed by atoms with van der Waals surface area (Å²) in [6, 6.07) is 14.0. The van der Waals surface area contributed by atoms with Crippen molar-refractivity contribution in [1.29, 1.82) is 0 Å². The highest BCUT2D eigenvalue weighted by atomic mass is 32.2. The zero-order valence-electron chi connectivity index (χ0n) is 19.1. The summed E-state index contributed by atoms with van der Waals surface area (Å²) in [5.74, 6) is 0.463. The molecule has 8 nitrogen and oxygen atoms in total. The number of hydrogen-bond donors (Lipinski definition) is 1. The highest BCUT2D eigenvalue weighted by molar-refractivity contribution is 8.16. The minimum Gasteiger partial charge on any atom is -0.497 e. The Labute approximate surface area is 202 Å². The molecule has 2 aliphatic heterocycles. The predicted octanol–water partition coefficient (Wildman–Crippen LogP) is 4.48. The number of anilines is 1. The second-order valence-corrected chi connectivity index (χ2v) is 8.34. The fourth-order valence-corrected chi connectivity index (χ4v) is 4.51. The summed E-state index contributed by atoms with van der Waals surface area (Å²) in [6.45, 7) is 3.69. The number of thioether (sulfide) groups is 1. The van der Waals surface area contributed by atoms with E-state index in [0.717, 1.165) is 10.7 Å². The number of hydrogen-bond acceptors (Lipinski definition) is 8. The van der Waals surface area contributed by atoms with E-state index >= 15 is 0 Å². The Morgan fingerprint density at radius 1 is 1.15 bits per heavy atom. The standard InChI is InChI=1S/C25H25N3O5S/c1-4-32-24(30)22-16(2)26-25-28(11-12-34-25)23(22)17-7-5-10-20(13-17)33-15-21(29)27-18-8-6-9-19(14-18)31-3/h5-14,23H,4,15H2,1-3H3,(H,27,29)/t23-/m1/s1. The van der Waals surface area contributed by atoms with Gasteiger partial charge >= 0.3 is 5.97 Å². The van der Waals surface area contributed by atoms with Gasteiger partial charge in [0.15, 0.2) is 11.8 Å². The van der Waals surface area contributed by atoms with Gasteiger partial charge in [-0.25, -0.2) is 9.79 Å². The summed E-state index contributed by atoms with van der Waals surface area (Å²) in [7, 11) is 1.57. The quantitative estimate of drug-likeness (QED) is 0.559. The average molecular weight is 480 g/mol. The molecular weight excluding hydrogens is 454 g/mol. The van der Waals surface area contributed by atoms with Crippen LogP contribution in [0.4, 0.5) is 5.69 Å². The third-order valence-electron chi connectivity index (χ3n) is 5.21. The van der Waals surface area contributed by atoms with Gasteiger partial charge in [0.25, 0.3) is 5.91 Å². The second kappa shape index (κ2) is 10.5. The molecule has 34 heavy (non-hydrogen) atoms. The number of esters is 1. The SMILES string of the molecule is CCOC(=O)C1=C(C)N=C2SC=CN2[C@@H]1c1cccc(OCC(=O)Nc2cccc(OC)c2)c1. The van der Waals surface area contributed by atoms with Crippen LogP contribution in [-0.4, -0.2) is 42.3 Å². The monoisotopic (exact) mass is 479 g/mol. The van der Waals surface area contributed by atoms with E-state index in [2.05, 4.69) is 10.3 Å². The predicted molar refractivity (Wildman–Crippen MR) is 132 cm³/mol. The fourth-order valence-electron chi connectivity index (χ4n) is 3.72. The van der Waals surface area contributed by atoms with E-state index in [4.69, 9.17) is 14.2 Å². The van der Waals surface area contributed by atoms with E-state index in [0.29, 0.717) is 28.5 Å². The Morgan fingerprint density at radius 3 is 2.74 bits per heavy atom. The molecule has 0 spiro atoms. The van der Waals surface area contributed by atoms with Gasteiger partial charge in [0, 0.05) is 18.0 Å². The van der Waals surface area contributed by atoms with Crippen LogP contribution in [0, 0.1) is 0 Å². The van der Waals surface area contributed by atoms with Crippen LogP contribution in [0.5, 0.6) is 11.5 Å². The number of amidine groups is 1. The molecule has 9 heteroatoms. The van der Waals surface area contributed by atoms with Crippen molar-refractivity contribution in [2.75, 3.05) is 25.6 Å². The normalized spacial score (nSPS) is 16.6. The van der Waals surface area contributed by atoms with Crippen molar-refractivity contribution in [2.24, 2.45) is 4.99 Å². The lowest BCUT2D eigenvalue weighted by molar-refractivity contribution is -0.139. The molecule has 1 amide bonds. The first kappa shape index (κ1) is 23.4. The summed E-state index contributed by atoms with van der Waals surface area (Å²) in [5.41, 5.74) is 2.54. The van der Waals surface area contributed by atoms with Gasteiger partial charge in [-0.15, -0.1) is 0 Å². The molecule has 0 saturated carbocycles. The Morgan fingerprint density at radius 2 is 1.94 bits per heavy atom. The topological polar surface area (TPSA) is 89.5 Å². The molecule has 4 rings (SSSR count). The van der Waals surface area contributed by atoms with Crippen LogP contribution in [-0.2, 0) is 14.3 Å². The zero-order chi connectivity index (χ0) is 24.1. The molecule has 0 aliphatic carbocycles. The van der Waals surface area contributed by atoms with Gasteiger partial charge in [-0.2, -0.15) is 0 Å². The molecule has 2 aromatic rings. The fraction of sp³-hybridized carbons (Fsp3) is 0.240. The van der Waals surface area contributed by atoms with Crippen LogP contribution in [0.3, 0.4) is 0 Å². The number of nitrogens with one attached hydrogen (secondary N) is 1. The summed E-state index contributed by atoms with van der Waals surface area (Å²) < 4.78 is 16.3. The summed E-state index contributed by atoms with van der Waals surface area (Å²) in [4.78, 5) is 31.7. The summed E-state index contributed by atoms with van der Waals surface area (Å²) >= 11 is 1.49. The van der Waals surface area contributed by atoms with Crippen molar-refractivity contribution in [1.82, 2.24) is 4.90 Å². The van der Waals surface area contributed by atoms with Gasteiger partial charge in [-0.1, -0.05) is 30.0 Å². The van der Waals surface area contributed by atoms with Crippen LogP contribution in [0.15, 0.2) is 76.4 Å².